The topological polar surface area (TPSA) is 43.1 Å². The summed E-state index contributed by atoms with van der Waals surface area (Å²) in [5, 5.41) is 5.36. The van der Waals surface area contributed by atoms with Crippen molar-refractivity contribution in [2.45, 2.75) is 43.7 Å². The maximum atomic E-state index is 4.57. The summed E-state index contributed by atoms with van der Waals surface area (Å²) in [4.78, 5) is 8.85. The summed E-state index contributed by atoms with van der Waals surface area (Å²) in [7, 11) is 0. The maximum absolute atomic E-state index is 4.57. The van der Waals surface area contributed by atoms with Crippen molar-refractivity contribution in [3.8, 4) is 0 Å². The summed E-state index contributed by atoms with van der Waals surface area (Å²) in [5.41, 5.74) is 0.993. The molecule has 2 heterocycles. The Hall–Kier alpha value is -1.10. The van der Waals surface area contributed by atoms with Crippen LogP contribution in [0, 0.1) is 5.92 Å². The largest absolute Gasteiger partial charge is 0.239 e. The molecule has 1 unspecified atom stereocenters. The molecule has 0 bridgehead atoms. The Balaban J connectivity index is 1.99. The highest BCUT2D eigenvalue weighted by Crippen LogP contribution is 2.36. The van der Waals surface area contributed by atoms with Gasteiger partial charge in [0.25, 0.3) is 0 Å². The number of hydrogen-bond donors (Lipinski definition) is 0. The molecule has 3 rings (SSSR count). The highest BCUT2D eigenvalue weighted by Gasteiger charge is 2.26. The van der Waals surface area contributed by atoms with Crippen molar-refractivity contribution in [1.82, 2.24) is 19.6 Å². The van der Waals surface area contributed by atoms with Crippen LogP contribution < -0.4 is 0 Å². The predicted octanol–water partition coefficient (Wildman–Crippen LogP) is 3.14. The van der Waals surface area contributed by atoms with Crippen LogP contribution in [0.4, 0.5) is 0 Å². The van der Waals surface area contributed by atoms with Gasteiger partial charge >= 0.3 is 0 Å². The number of thioether (sulfide) groups is 1. The first-order chi connectivity index (χ1) is 8.79. The molecular weight excluding hydrogens is 244 g/mol. The minimum absolute atomic E-state index is 0.486. The van der Waals surface area contributed by atoms with Crippen molar-refractivity contribution >= 4 is 17.3 Å². The molecule has 0 N–H and O–H groups in total. The van der Waals surface area contributed by atoms with Gasteiger partial charge in [-0.25, -0.2) is 14.5 Å². The first-order valence-corrected chi connectivity index (χ1v) is 7.76. The van der Waals surface area contributed by atoms with Crippen molar-refractivity contribution in [2.24, 2.45) is 5.92 Å². The van der Waals surface area contributed by atoms with Crippen molar-refractivity contribution in [1.29, 1.82) is 0 Å². The standard InChI is InChI=1S/C13H18N4S/c1-9(10-5-3-4-6-10)12-14-7-11-8-15-13(18-2)16-17(11)12/h7-10H,3-6H2,1-2H3. The van der Waals surface area contributed by atoms with E-state index in [4.69, 9.17) is 0 Å². The van der Waals surface area contributed by atoms with Crippen LogP contribution in [0.15, 0.2) is 17.6 Å². The van der Waals surface area contributed by atoms with Gasteiger partial charge < -0.3 is 0 Å². The van der Waals surface area contributed by atoms with Gasteiger partial charge in [-0.1, -0.05) is 31.5 Å². The molecule has 1 aliphatic rings. The van der Waals surface area contributed by atoms with Gasteiger partial charge in [-0.15, -0.1) is 5.10 Å². The lowest BCUT2D eigenvalue weighted by molar-refractivity contribution is 0.436. The van der Waals surface area contributed by atoms with E-state index in [1.54, 1.807) is 11.8 Å². The zero-order chi connectivity index (χ0) is 12.5. The van der Waals surface area contributed by atoms with Gasteiger partial charge in [0, 0.05) is 5.92 Å². The molecule has 0 aromatic carbocycles. The van der Waals surface area contributed by atoms with Gasteiger partial charge in [0.05, 0.1) is 12.4 Å². The Bertz CT molecular complexity index is 545. The Morgan fingerprint density at radius 1 is 1.28 bits per heavy atom. The Morgan fingerprint density at radius 3 is 2.72 bits per heavy atom. The van der Waals surface area contributed by atoms with E-state index < -0.39 is 0 Å². The summed E-state index contributed by atoms with van der Waals surface area (Å²) in [6.07, 6.45) is 11.1. The molecule has 0 spiro atoms. The molecule has 0 aliphatic heterocycles. The lowest BCUT2D eigenvalue weighted by Gasteiger charge is -2.17. The highest BCUT2D eigenvalue weighted by atomic mass is 32.2. The average molecular weight is 262 g/mol. The zero-order valence-corrected chi connectivity index (χ0v) is 11.7. The Labute approximate surface area is 111 Å². The third kappa shape index (κ3) is 2.00. The minimum Gasteiger partial charge on any atom is -0.239 e. The summed E-state index contributed by atoms with van der Waals surface area (Å²) in [5.74, 6) is 2.34. The van der Waals surface area contributed by atoms with E-state index in [9.17, 15) is 0 Å². The highest BCUT2D eigenvalue weighted by molar-refractivity contribution is 7.98. The number of rotatable bonds is 3. The molecule has 2 aromatic rings. The molecule has 0 radical (unpaired) electrons. The molecule has 2 aromatic heterocycles. The van der Waals surface area contributed by atoms with Gasteiger partial charge in [-0.2, -0.15) is 0 Å². The summed E-state index contributed by atoms with van der Waals surface area (Å²) >= 11 is 1.57. The SMILES string of the molecule is CSc1ncc2cnc(C(C)C3CCCC3)n2n1. The lowest BCUT2D eigenvalue weighted by Crippen LogP contribution is -2.11. The van der Waals surface area contributed by atoms with Crippen LogP contribution >= 0.6 is 11.8 Å². The molecule has 1 atom stereocenters. The van der Waals surface area contributed by atoms with Crippen molar-refractivity contribution in [3.05, 3.63) is 18.2 Å². The number of fused-ring (bicyclic) bond motifs is 1. The molecule has 4 nitrogen and oxygen atoms in total. The molecule has 1 aliphatic carbocycles. The second kappa shape index (κ2) is 4.88. The van der Waals surface area contributed by atoms with E-state index in [0.29, 0.717) is 5.92 Å². The third-order valence-corrected chi connectivity index (χ3v) is 4.53. The molecule has 1 fully saturated rings. The van der Waals surface area contributed by atoms with Crippen LogP contribution in [0.5, 0.6) is 0 Å². The monoisotopic (exact) mass is 262 g/mol. The summed E-state index contributed by atoms with van der Waals surface area (Å²) in [6.45, 7) is 2.28. The lowest BCUT2D eigenvalue weighted by atomic mass is 9.92. The van der Waals surface area contributed by atoms with Crippen molar-refractivity contribution in [3.63, 3.8) is 0 Å². The van der Waals surface area contributed by atoms with Gasteiger partial charge in [0.1, 0.15) is 11.3 Å². The minimum atomic E-state index is 0.486. The molecule has 0 amide bonds. The third-order valence-electron chi connectivity index (χ3n) is 3.98. The smallest absolute Gasteiger partial charge is 0.207 e. The normalized spacial score (nSPS) is 18.6. The first kappa shape index (κ1) is 12.0. The van der Waals surface area contributed by atoms with E-state index >= 15 is 0 Å². The van der Waals surface area contributed by atoms with E-state index in [0.717, 1.165) is 22.4 Å². The second-order valence-electron chi connectivity index (χ2n) is 5.03. The molecule has 0 saturated heterocycles. The maximum Gasteiger partial charge on any atom is 0.207 e. The number of imidazole rings is 1. The van der Waals surface area contributed by atoms with Gasteiger partial charge in [0.2, 0.25) is 5.16 Å². The Morgan fingerprint density at radius 2 is 2.00 bits per heavy atom. The zero-order valence-electron chi connectivity index (χ0n) is 10.8. The summed E-state index contributed by atoms with van der Waals surface area (Å²) < 4.78 is 1.97. The van der Waals surface area contributed by atoms with E-state index in [1.807, 2.05) is 23.2 Å². The second-order valence-corrected chi connectivity index (χ2v) is 5.80. The van der Waals surface area contributed by atoms with E-state index in [-0.39, 0.29) is 0 Å². The van der Waals surface area contributed by atoms with Crippen LogP contribution in [0.2, 0.25) is 0 Å². The number of hydrogen-bond acceptors (Lipinski definition) is 4. The van der Waals surface area contributed by atoms with Crippen LogP contribution in [0.1, 0.15) is 44.3 Å². The Kier molecular flexibility index (Phi) is 3.24. The van der Waals surface area contributed by atoms with Gasteiger partial charge in [-0.05, 0) is 25.0 Å². The fourth-order valence-corrected chi connectivity index (χ4v) is 3.20. The quantitative estimate of drug-likeness (QED) is 0.797. The van der Waals surface area contributed by atoms with Crippen molar-refractivity contribution < 1.29 is 0 Å². The van der Waals surface area contributed by atoms with Crippen LogP contribution in [0.25, 0.3) is 5.52 Å². The van der Waals surface area contributed by atoms with Crippen LogP contribution in [-0.4, -0.2) is 25.8 Å². The molecule has 5 heteroatoms. The average Bonchev–Trinajstić information content (AvgIpc) is 3.06. The van der Waals surface area contributed by atoms with Crippen molar-refractivity contribution in [2.75, 3.05) is 6.26 Å². The van der Waals surface area contributed by atoms with Gasteiger partial charge in [0.15, 0.2) is 0 Å². The molecule has 96 valence electrons. The fourth-order valence-electron chi connectivity index (χ4n) is 2.88. The molecule has 18 heavy (non-hydrogen) atoms. The first-order valence-electron chi connectivity index (χ1n) is 6.54. The number of nitrogens with zero attached hydrogens (tertiary/aromatic N) is 4. The fraction of sp³-hybridized carbons (Fsp3) is 0.615. The van der Waals surface area contributed by atoms with E-state index in [2.05, 4.69) is 22.0 Å². The predicted molar refractivity (Wildman–Crippen MR) is 72.9 cm³/mol. The van der Waals surface area contributed by atoms with E-state index in [1.165, 1.54) is 25.7 Å². The molecule has 1 saturated carbocycles. The van der Waals surface area contributed by atoms with Crippen LogP contribution in [-0.2, 0) is 0 Å². The molecular formula is C13H18N4S. The van der Waals surface area contributed by atoms with Gasteiger partial charge in [-0.3, -0.25) is 0 Å². The summed E-state index contributed by atoms with van der Waals surface area (Å²) in [6, 6.07) is 0. The number of aromatic nitrogens is 4. The van der Waals surface area contributed by atoms with Crippen LogP contribution in [0.3, 0.4) is 0 Å².